The van der Waals surface area contributed by atoms with Crippen molar-refractivity contribution < 1.29 is 9.15 Å². The minimum Gasteiger partial charge on any atom is -0.468 e. The van der Waals surface area contributed by atoms with E-state index in [2.05, 4.69) is 23.2 Å². The van der Waals surface area contributed by atoms with E-state index in [-0.39, 0.29) is 0 Å². The normalized spacial score (nSPS) is 17.7. The van der Waals surface area contributed by atoms with Gasteiger partial charge in [0.2, 0.25) is 0 Å². The second-order valence-electron chi connectivity index (χ2n) is 5.72. The van der Waals surface area contributed by atoms with Crippen LogP contribution in [0.5, 0.6) is 0 Å². The highest BCUT2D eigenvalue weighted by atomic mass is 16.5. The molecule has 1 aliphatic rings. The topological polar surface area (TPSA) is 37.6 Å². The molecule has 4 heteroatoms. The Morgan fingerprint density at radius 1 is 1.40 bits per heavy atom. The molecule has 0 bridgehead atoms. The number of likely N-dealkylation sites (tertiary alicyclic amines) is 1. The van der Waals surface area contributed by atoms with Gasteiger partial charge in [0.15, 0.2) is 0 Å². The van der Waals surface area contributed by atoms with Crippen LogP contribution in [0.15, 0.2) is 16.7 Å². The molecule has 2 heterocycles. The number of rotatable bonds is 8. The Bertz CT molecular complexity index is 370. The molecule has 1 fully saturated rings. The molecule has 20 heavy (non-hydrogen) atoms. The maximum atomic E-state index is 5.60. The summed E-state index contributed by atoms with van der Waals surface area (Å²) in [5.41, 5.74) is 1.33. The van der Waals surface area contributed by atoms with Gasteiger partial charge in [-0.25, -0.2) is 0 Å². The van der Waals surface area contributed by atoms with Crippen molar-refractivity contribution in [1.82, 2.24) is 10.2 Å². The van der Waals surface area contributed by atoms with Crippen LogP contribution in [0.2, 0.25) is 0 Å². The van der Waals surface area contributed by atoms with Crippen molar-refractivity contribution in [1.29, 1.82) is 0 Å². The SMILES string of the molecule is CCCNCc1occc1CN1CCC(COC)CC1. The van der Waals surface area contributed by atoms with Crippen molar-refractivity contribution in [2.75, 3.05) is 33.4 Å². The summed E-state index contributed by atoms with van der Waals surface area (Å²) in [6.45, 7) is 8.33. The van der Waals surface area contributed by atoms with Crippen LogP contribution in [0.3, 0.4) is 0 Å². The number of methoxy groups -OCH3 is 1. The van der Waals surface area contributed by atoms with Crippen LogP contribution in [0.4, 0.5) is 0 Å². The maximum absolute atomic E-state index is 5.60. The third-order valence-corrected chi connectivity index (χ3v) is 4.05. The van der Waals surface area contributed by atoms with Crippen LogP contribution in [0.25, 0.3) is 0 Å². The Morgan fingerprint density at radius 2 is 2.20 bits per heavy atom. The average Bonchev–Trinajstić information content (AvgIpc) is 2.89. The van der Waals surface area contributed by atoms with Crippen molar-refractivity contribution in [2.45, 2.75) is 39.3 Å². The van der Waals surface area contributed by atoms with Crippen LogP contribution < -0.4 is 5.32 Å². The van der Waals surface area contributed by atoms with Gasteiger partial charge >= 0.3 is 0 Å². The molecule has 114 valence electrons. The first-order valence-corrected chi connectivity index (χ1v) is 7.80. The van der Waals surface area contributed by atoms with E-state index < -0.39 is 0 Å². The van der Waals surface area contributed by atoms with Gasteiger partial charge in [-0.1, -0.05) is 6.92 Å². The fourth-order valence-corrected chi connectivity index (χ4v) is 2.83. The first-order valence-electron chi connectivity index (χ1n) is 7.80. The molecule has 0 unspecified atom stereocenters. The Balaban J connectivity index is 1.78. The number of nitrogens with one attached hydrogen (secondary N) is 1. The number of piperidine rings is 1. The largest absolute Gasteiger partial charge is 0.468 e. The lowest BCUT2D eigenvalue weighted by Gasteiger charge is -2.31. The van der Waals surface area contributed by atoms with Crippen LogP contribution in [-0.2, 0) is 17.8 Å². The van der Waals surface area contributed by atoms with Crippen LogP contribution >= 0.6 is 0 Å². The number of ether oxygens (including phenoxy) is 1. The molecule has 1 aliphatic heterocycles. The lowest BCUT2D eigenvalue weighted by atomic mass is 9.97. The van der Waals surface area contributed by atoms with E-state index in [0.29, 0.717) is 0 Å². The van der Waals surface area contributed by atoms with E-state index in [9.17, 15) is 0 Å². The van der Waals surface area contributed by atoms with Crippen molar-refractivity contribution >= 4 is 0 Å². The number of hydrogen-bond donors (Lipinski definition) is 1. The monoisotopic (exact) mass is 280 g/mol. The number of nitrogens with zero attached hydrogens (tertiary/aromatic N) is 1. The lowest BCUT2D eigenvalue weighted by Crippen LogP contribution is -2.34. The number of hydrogen-bond acceptors (Lipinski definition) is 4. The van der Waals surface area contributed by atoms with E-state index >= 15 is 0 Å². The van der Waals surface area contributed by atoms with E-state index in [4.69, 9.17) is 9.15 Å². The molecular weight excluding hydrogens is 252 g/mol. The van der Waals surface area contributed by atoms with Crippen molar-refractivity contribution in [3.63, 3.8) is 0 Å². The molecule has 0 radical (unpaired) electrons. The standard InChI is InChI=1S/C16H28N2O2/c1-3-7-17-11-16-15(6-10-20-16)12-18-8-4-14(5-9-18)13-19-2/h6,10,14,17H,3-5,7-9,11-13H2,1-2H3. The molecule has 0 atom stereocenters. The van der Waals surface area contributed by atoms with Crippen molar-refractivity contribution in [3.8, 4) is 0 Å². The highest BCUT2D eigenvalue weighted by Crippen LogP contribution is 2.21. The summed E-state index contributed by atoms with van der Waals surface area (Å²) in [5, 5.41) is 3.41. The smallest absolute Gasteiger partial charge is 0.122 e. The Kier molecular flexibility index (Phi) is 6.57. The third kappa shape index (κ3) is 4.62. The Morgan fingerprint density at radius 3 is 2.90 bits per heavy atom. The molecule has 1 saturated heterocycles. The summed E-state index contributed by atoms with van der Waals surface area (Å²) in [6, 6.07) is 2.12. The Hall–Kier alpha value is -0.840. The summed E-state index contributed by atoms with van der Waals surface area (Å²) in [7, 11) is 1.80. The summed E-state index contributed by atoms with van der Waals surface area (Å²) in [6.07, 6.45) is 5.46. The van der Waals surface area contributed by atoms with Crippen LogP contribution in [0, 0.1) is 5.92 Å². The zero-order chi connectivity index (χ0) is 14.2. The molecule has 0 aromatic carbocycles. The molecule has 4 nitrogen and oxygen atoms in total. The first kappa shape index (κ1) is 15.5. The van der Waals surface area contributed by atoms with Crippen LogP contribution in [0.1, 0.15) is 37.5 Å². The Labute approximate surface area is 122 Å². The van der Waals surface area contributed by atoms with Gasteiger partial charge in [-0.05, 0) is 50.9 Å². The predicted octanol–water partition coefficient (Wildman–Crippen LogP) is 2.64. The molecule has 1 aromatic rings. The van der Waals surface area contributed by atoms with E-state index in [0.717, 1.165) is 44.3 Å². The zero-order valence-electron chi connectivity index (χ0n) is 12.9. The highest BCUT2D eigenvalue weighted by molar-refractivity contribution is 5.17. The highest BCUT2D eigenvalue weighted by Gasteiger charge is 2.20. The summed E-state index contributed by atoms with van der Waals surface area (Å²) in [4.78, 5) is 2.53. The molecule has 1 aromatic heterocycles. The zero-order valence-corrected chi connectivity index (χ0v) is 12.9. The average molecular weight is 280 g/mol. The van der Waals surface area contributed by atoms with Gasteiger partial charge in [0.05, 0.1) is 12.8 Å². The van der Waals surface area contributed by atoms with E-state index in [1.807, 2.05) is 6.26 Å². The second-order valence-corrected chi connectivity index (χ2v) is 5.72. The van der Waals surface area contributed by atoms with Gasteiger partial charge in [-0.15, -0.1) is 0 Å². The van der Waals surface area contributed by atoms with Gasteiger partial charge in [0.25, 0.3) is 0 Å². The first-order chi connectivity index (χ1) is 9.83. The lowest BCUT2D eigenvalue weighted by molar-refractivity contribution is 0.0965. The molecule has 0 aliphatic carbocycles. The molecule has 1 N–H and O–H groups in total. The summed E-state index contributed by atoms with van der Waals surface area (Å²) >= 11 is 0. The summed E-state index contributed by atoms with van der Waals surface area (Å²) < 4.78 is 10.9. The van der Waals surface area contributed by atoms with E-state index in [1.165, 1.54) is 31.5 Å². The quantitative estimate of drug-likeness (QED) is 0.743. The fraction of sp³-hybridized carbons (Fsp3) is 0.750. The fourth-order valence-electron chi connectivity index (χ4n) is 2.83. The predicted molar refractivity (Wildman–Crippen MR) is 80.6 cm³/mol. The van der Waals surface area contributed by atoms with Gasteiger partial charge < -0.3 is 14.5 Å². The molecular formula is C16H28N2O2. The minimum atomic E-state index is 0.742. The van der Waals surface area contributed by atoms with Crippen LogP contribution in [-0.4, -0.2) is 38.3 Å². The van der Waals surface area contributed by atoms with Gasteiger partial charge in [-0.2, -0.15) is 0 Å². The maximum Gasteiger partial charge on any atom is 0.122 e. The molecule has 0 amide bonds. The second kappa shape index (κ2) is 8.45. The van der Waals surface area contributed by atoms with Crippen molar-refractivity contribution in [3.05, 3.63) is 23.7 Å². The van der Waals surface area contributed by atoms with Gasteiger partial charge in [0.1, 0.15) is 5.76 Å². The van der Waals surface area contributed by atoms with Crippen molar-refractivity contribution in [2.24, 2.45) is 5.92 Å². The summed E-state index contributed by atoms with van der Waals surface area (Å²) in [5.74, 6) is 1.84. The van der Waals surface area contributed by atoms with Gasteiger partial charge in [0, 0.05) is 25.8 Å². The molecule has 0 spiro atoms. The third-order valence-electron chi connectivity index (χ3n) is 4.05. The minimum absolute atomic E-state index is 0.742. The number of furan rings is 1. The van der Waals surface area contributed by atoms with E-state index in [1.54, 1.807) is 7.11 Å². The molecule has 0 saturated carbocycles. The molecule has 2 rings (SSSR count). The van der Waals surface area contributed by atoms with Gasteiger partial charge in [-0.3, -0.25) is 4.90 Å².